The molecule has 1 heterocycles. The number of nitrogens with one attached hydrogen (secondary N) is 1. The highest BCUT2D eigenvalue weighted by atomic mass is 127. The maximum absolute atomic E-state index is 6.26. The fourth-order valence-electron chi connectivity index (χ4n) is 2.58. The van der Waals surface area contributed by atoms with Crippen LogP contribution in [0.1, 0.15) is 19.8 Å². The van der Waals surface area contributed by atoms with Crippen molar-refractivity contribution in [2.75, 3.05) is 25.5 Å². The second-order valence-electron chi connectivity index (χ2n) is 5.22. The summed E-state index contributed by atoms with van der Waals surface area (Å²) in [5.74, 6) is 0.707. The van der Waals surface area contributed by atoms with Crippen molar-refractivity contribution in [3.05, 3.63) is 26.8 Å². The molecule has 2 atom stereocenters. The molecule has 0 amide bonds. The van der Waals surface area contributed by atoms with Crippen LogP contribution in [0.3, 0.4) is 0 Å². The number of piperidine rings is 1. The molecular formula is C14H20ClIN2. The predicted octanol–water partition coefficient (Wildman–Crippen LogP) is 4.09. The van der Waals surface area contributed by atoms with Crippen LogP contribution < -0.4 is 5.32 Å². The third-order valence-corrected chi connectivity index (χ3v) is 4.67. The Morgan fingerprint density at radius 1 is 1.50 bits per heavy atom. The van der Waals surface area contributed by atoms with Gasteiger partial charge in [0, 0.05) is 16.2 Å². The predicted molar refractivity (Wildman–Crippen MR) is 87.5 cm³/mol. The van der Waals surface area contributed by atoms with E-state index < -0.39 is 0 Å². The highest BCUT2D eigenvalue weighted by molar-refractivity contribution is 14.1. The smallest absolute Gasteiger partial charge is 0.0648 e. The van der Waals surface area contributed by atoms with Gasteiger partial charge in [-0.3, -0.25) is 0 Å². The van der Waals surface area contributed by atoms with Crippen LogP contribution in [0, 0.1) is 9.49 Å². The van der Waals surface area contributed by atoms with Gasteiger partial charge in [-0.1, -0.05) is 11.6 Å². The number of hydrogen-bond acceptors (Lipinski definition) is 2. The maximum Gasteiger partial charge on any atom is 0.0648 e. The minimum absolute atomic E-state index is 0.463. The normalized spacial score (nSPS) is 22.8. The summed E-state index contributed by atoms with van der Waals surface area (Å²) in [7, 11) is 2.21. The van der Waals surface area contributed by atoms with E-state index >= 15 is 0 Å². The summed E-state index contributed by atoms with van der Waals surface area (Å²) in [6.45, 7) is 4.67. The van der Waals surface area contributed by atoms with Gasteiger partial charge in [0.25, 0.3) is 0 Å². The van der Waals surface area contributed by atoms with Crippen molar-refractivity contribution < 1.29 is 0 Å². The van der Waals surface area contributed by atoms with Gasteiger partial charge < -0.3 is 10.2 Å². The number of nitrogens with zero attached hydrogens (tertiary/aromatic N) is 1. The molecule has 2 unspecified atom stereocenters. The topological polar surface area (TPSA) is 15.3 Å². The van der Waals surface area contributed by atoms with Crippen molar-refractivity contribution in [1.82, 2.24) is 4.90 Å². The second-order valence-corrected chi connectivity index (χ2v) is 6.87. The van der Waals surface area contributed by atoms with E-state index in [2.05, 4.69) is 58.9 Å². The third-order valence-electron chi connectivity index (χ3n) is 3.68. The molecule has 1 aromatic rings. The van der Waals surface area contributed by atoms with E-state index in [4.69, 9.17) is 11.6 Å². The van der Waals surface area contributed by atoms with E-state index in [1.165, 1.54) is 29.5 Å². The summed E-state index contributed by atoms with van der Waals surface area (Å²) < 4.78 is 1.17. The molecular weight excluding hydrogens is 359 g/mol. The van der Waals surface area contributed by atoms with Gasteiger partial charge in [0.05, 0.1) is 10.7 Å². The molecule has 0 saturated carbocycles. The zero-order valence-corrected chi connectivity index (χ0v) is 13.8. The van der Waals surface area contributed by atoms with Gasteiger partial charge in [-0.25, -0.2) is 0 Å². The fraction of sp³-hybridized carbons (Fsp3) is 0.571. The van der Waals surface area contributed by atoms with Crippen molar-refractivity contribution in [3.63, 3.8) is 0 Å². The molecule has 0 aliphatic carbocycles. The zero-order chi connectivity index (χ0) is 13.1. The average Bonchev–Trinajstić information content (AvgIpc) is 2.32. The summed E-state index contributed by atoms with van der Waals surface area (Å²) in [6, 6.07) is 6.64. The molecule has 1 aromatic carbocycles. The van der Waals surface area contributed by atoms with E-state index in [1.54, 1.807) is 0 Å². The SMILES string of the molecule is CC(Nc1ccc(I)cc1Cl)C1CCCN(C)C1. The fourth-order valence-corrected chi connectivity index (χ4v) is 3.49. The third kappa shape index (κ3) is 3.75. The summed E-state index contributed by atoms with van der Waals surface area (Å²) in [4.78, 5) is 2.42. The largest absolute Gasteiger partial charge is 0.381 e. The number of halogens is 2. The number of benzene rings is 1. The molecule has 1 aliphatic rings. The van der Waals surface area contributed by atoms with Crippen molar-refractivity contribution in [3.8, 4) is 0 Å². The molecule has 1 aliphatic heterocycles. The Morgan fingerprint density at radius 2 is 2.28 bits per heavy atom. The van der Waals surface area contributed by atoms with Gasteiger partial charge in [0.2, 0.25) is 0 Å². The van der Waals surface area contributed by atoms with Gasteiger partial charge in [-0.05, 0) is 80.1 Å². The highest BCUT2D eigenvalue weighted by Crippen LogP contribution is 2.27. The first-order valence-corrected chi connectivity index (χ1v) is 7.92. The van der Waals surface area contributed by atoms with Gasteiger partial charge in [0.15, 0.2) is 0 Å². The molecule has 18 heavy (non-hydrogen) atoms. The van der Waals surface area contributed by atoms with Crippen LogP contribution in [-0.2, 0) is 0 Å². The number of anilines is 1. The zero-order valence-electron chi connectivity index (χ0n) is 10.9. The van der Waals surface area contributed by atoms with E-state index in [0.29, 0.717) is 12.0 Å². The van der Waals surface area contributed by atoms with Crippen LogP contribution in [0.2, 0.25) is 5.02 Å². The molecule has 0 radical (unpaired) electrons. The molecule has 1 N–H and O–H groups in total. The lowest BCUT2D eigenvalue weighted by molar-refractivity contribution is 0.197. The highest BCUT2D eigenvalue weighted by Gasteiger charge is 2.23. The first-order valence-electron chi connectivity index (χ1n) is 6.46. The number of likely N-dealkylation sites (tertiary alicyclic amines) is 1. The minimum atomic E-state index is 0.463. The van der Waals surface area contributed by atoms with Crippen LogP contribution >= 0.6 is 34.2 Å². The average molecular weight is 379 g/mol. The molecule has 1 fully saturated rings. The summed E-state index contributed by atoms with van der Waals surface area (Å²) >= 11 is 8.55. The summed E-state index contributed by atoms with van der Waals surface area (Å²) in [5, 5.41) is 4.38. The van der Waals surface area contributed by atoms with Crippen LogP contribution in [0.25, 0.3) is 0 Å². The van der Waals surface area contributed by atoms with Crippen LogP contribution in [0.15, 0.2) is 18.2 Å². The molecule has 0 aromatic heterocycles. The first kappa shape index (κ1) is 14.4. The van der Waals surface area contributed by atoms with Crippen molar-refractivity contribution >= 4 is 39.9 Å². The summed E-state index contributed by atoms with van der Waals surface area (Å²) in [5.41, 5.74) is 1.05. The van der Waals surface area contributed by atoms with Gasteiger partial charge in [-0.15, -0.1) is 0 Å². The standard InChI is InChI=1S/C14H20ClIN2/c1-10(11-4-3-7-18(2)9-11)17-14-6-5-12(16)8-13(14)15/h5-6,8,10-11,17H,3-4,7,9H2,1-2H3. The molecule has 0 bridgehead atoms. The Bertz CT molecular complexity index is 411. The van der Waals surface area contributed by atoms with Gasteiger partial charge in [0.1, 0.15) is 0 Å². The molecule has 100 valence electrons. The van der Waals surface area contributed by atoms with E-state index in [9.17, 15) is 0 Å². The molecule has 4 heteroatoms. The van der Waals surface area contributed by atoms with Gasteiger partial charge in [-0.2, -0.15) is 0 Å². The first-order chi connectivity index (χ1) is 8.56. The number of rotatable bonds is 3. The Morgan fingerprint density at radius 3 is 2.94 bits per heavy atom. The van der Waals surface area contributed by atoms with E-state index in [0.717, 1.165) is 10.7 Å². The van der Waals surface area contributed by atoms with Crippen molar-refractivity contribution in [2.45, 2.75) is 25.8 Å². The lowest BCUT2D eigenvalue weighted by atomic mass is 9.92. The minimum Gasteiger partial charge on any atom is -0.381 e. The number of hydrogen-bond donors (Lipinski definition) is 1. The maximum atomic E-state index is 6.26. The second kappa shape index (κ2) is 6.44. The molecule has 1 saturated heterocycles. The molecule has 2 nitrogen and oxygen atoms in total. The Kier molecular flexibility index (Phi) is 5.15. The van der Waals surface area contributed by atoms with Gasteiger partial charge >= 0.3 is 0 Å². The van der Waals surface area contributed by atoms with Crippen molar-refractivity contribution in [1.29, 1.82) is 0 Å². The lowest BCUT2D eigenvalue weighted by Gasteiger charge is -2.34. The Hall–Kier alpha value is -0.000000000000000132. The lowest BCUT2D eigenvalue weighted by Crippen LogP contribution is -2.39. The molecule has 0 spiro atoms. The summed E-state index contributed by atoms with van der Waals surface area (Å²) in [6.07, 6.45) is 2.61. The quantitative estimate of drug-likeness (QED) is 0.797. The van der Waals surface area contributed by atoms with Crippen LogP contribution in [-0.4, -0.2) is 31.1 Å². The van der Waals surface area contributed by atoms with E-state index in [-0.39, 0.29) is 0 Å². The van der Waals surface area contributed by atoms with Crippen LogP contribution in [0.5, 0.6) is 0 Å². The van der Waals surface area contributed by atoms with Crippen molar-refractivity contribution in [2.24, 2.45) is 5.92 Å². The van der Waals surface area contributed by atoms with E-state index in [1.807, 2.05) is 6.07 Å². The Labute approximate surface area is 128 Å². The Balaban J connectivity index is 1.99. The monoisotopic (exact) mass is 378 g/mol. The van der Waals surface area contributed by atoms with Crippen LogP contribution in [0.4, 0.5) is 5.69 Å². The molecule has 2 rings (SSSR count).